The third-order valence-corrected chi connectivity index (χ3v) is 2.95. The van der Waals surface area contributed by atoms with Gasteiger partial charge < -0.3 is 4.74 Å². The second-order valence-electron chi connectivity index (χ2n) is 4.57. The number of unbranched alkanes of at least 4 members (excludes halogenated alkanes) is 5. The smallest absolute Gasteiger partial charge is 0.356 e. The number of halogens is 7. The maximum Gasteiger partial charge on any atom is 0.429 e. The van der Waals surface area contributed by atoms with Gasteiger partial charge in [-0.15, -0.1) is 0 Å². The lowest BCUT2D eigenvalue weighted by Crippen LogP contribution is -2.60. The van der Waals surface area contributed by atoms with Crippen LogP contribution in [0.25, 0.3) is 0 Å². The van der Waals surface area contributed by atoms with Gasteiger partial charge in [0.1, 0.15) is 6.67 Å². The van der Waals surface area contributed by atoms with Crippen molar-refractivity contribution in [2.75, 3.05) is 13.3 Å². The summed E-state index contributed by atoms with van der Waals surface area (Å²) in [4.78, 5) is 0. The molecule has 122 valence electrons. The van der Waals surface area contributed by atoms with E-state index in [1.165, 1.54) is 0 Å². The van der Waals surface area contributed by atoms with Gasteiger partial charge in [0.25, 0.3) is 5.60 Å². The van der Waals surface area contributed by atoms with E-state index in [0.29, 0.717) is 12.8 Å². The summed E-state index contributed by atoms with van der Waals surface area (Å²) in [6, 6.07) is 0. The molecule has 0 aromatic heterocycles. The molecule has 20 heavy (non-hydrogen) atoms. The molecule has 0 N–H and O–H groups in total. The third kappa shape index (κ3) is 5.10. The lowest BCUT2D eigenvalue weighted by molar-refractivity contribution is -0.383. The average Bonchev–Trinajstić information content (AvgIpc) is 2.29. The maximum atomic E-state index is 12.5. The molecular formula is C12H19F7O. The molecule has 0 aliphatic carbocycles. The first-order chi connectivity index (χ1) is 9.12. The molecular weight excluding hydrogens is 293 g/mol. The molecule has 0 aromatic carbocycles. The highest BCUT2D eigenvalue weighted by Gasteiger charge is 2.72. The van der Waals surface area contributed by atoms with Gasteiger partial charge in [0, 0.05) is 6.61 Å². The summed E-state index contributed by atoms with van der Waals surface area (Å²) in [5.41, 5.74) is -4.70. The molecule has 0 rings (SSSR count). The van der Waals surface area contributed by atoms with Crippen LogP contribution < -0.4 is 0 Å². The number of alkyl halides is 7. The minimum atomic E-state index is -5.83. The van der Waals surface area contributed by atoms with Crippen LogP contribution in [0.2, 0.25) is 0 Å². The van der Waals surface area contributed by atoms with Crippen molar-refractivity contribution in [3.8, 4) is 0 Å². The molecule has 0 aliphatic rings. The van der Waals surface area contributed by atoms with Crippen molar-refractivity contribution in [2.24, 2.45) is 0 Å². The van der Waals surface area contributed by atoms with E-state index < -0.39 is 31.2 Å². The third-order valence-electron chi connectivity index (χ3n) is 2.95. The van der Waals surface area contributed by atoms with E-state index in [4.69, 9.17) is 0 Å². The van der Waals surface area contributed by atoms with Crippen molar-refractivity contribution in [2.45, 2.75) is 63.4 Å². The zero-order chi connectivity index (χ0) is 15.9. The standard InChI is InChI=1S/C12H19F7O/c1-2-3-4-5-6-7-8-20-10(9-13,11(14,15)16)12(17,18)19/h2-9H2,1H3. The molecule has 0 amide bonds. The second kappa shape index (κ2) is 8.05. The fourth-order valence-corrected chi connectivity index (χ4v) is 1.64. The molecule has 0 aromatic rings. The molecule has 0 unspecified atom stereocenters. The van der Waals surface area contributed by atoms with Crippen LogP contribution in [0.5, 0.6) is 0 Å². The van der Waals surface area contributed by atoms with Crippen LogP contribution in [0.1, 0.15) is 45.4 Å². The lowest BCUT2D eigenvalue weighted by Gasteiger charge is -2.34. The lowest BCUT2D eigenvalue weighted by atomic mass is 10.0. The molecule has 0 aliphatic heterocycles. The molecule has 0 radical (unpaired) electrons. The zero-order valence-corrected chi connectivity index (χ0v) is 11.2. The monoisotopic (exact) mass is 312 g/mol. The first-order valence-electron chi connectivity index (χ1n) is 6.45. The fraction of sp³-hybridized carbons (Fsp3) is 1.00. The van der Waals surface area contributed by atoms with Gasteiger partial charge in [-0.25, -0.2) is 4.39 Å². The van der Waals surface area contributed by atoms with E-state index in [9.17, 15) is 30.7 Å². The summed E-state index contributed by atoms with van der Waals surface area (Å²) in [5, 5.41) is 0. The summed E-state index contributed by atoms with van der Waals surface area (Å²) in [5.74, 6) is 0. The first kappa shape index (κ1) is 19.5. The summed E-state index contributed by atoms with van der Waals surface area (Å²) in [6.45, 7) is -1.46. The number of rotatable bonds is 9. The largest absolute Gasteiger partial charge is 0.429 e. The van der Waals surface area contributed by atoms with Crippen LogP contribution in [0.4, 0.5) is 30.7 Å². The van der Waals surface area contributed by atoms with Crippen LogP contribution in [0.3, 0.4) is 0 Å². The van der Waals surface area contributed by atoms with Crippen LogP contribution in [0.15, 0.2) is 0 Å². The van der Waals surface area contributed by atoms with E-state index in [1.807, 2.05) is 6.92 Å². The first-order valence-corrected chi connectivity index (χ1v) is 6.45. The molecule has 0 saturated carbocycles. The Bertz CT molecular complexity index is 246. The van der Waals surface area contributed by atoms with Gasteiger partial charge in [0.2, 0.25) is 0 Å². The SMILES string of the molecule is CCCCCCCCOC(CF)(C(F)(F)F)C(F)(F)F. The molecule has 0 fully saturated rings. The molecule has 0 bridgehead atoms. The maximum absolute atomic E-state index is 12.5. The van der Waals surface area contributed by atoms with Crippen LogP contribution in [0, 0.1) is 0 Å². The average molecular weight is 312 g/mol. The molecule has 8 heteroatoms. The summed E-state index contributed by atoms with van der Waals surface area (Å²) in [7, 11) is 0. The molecule has 0 heterocycles. The highest BCUT2D eigenvalue weighted by atomic mass is 19.4. The Labute approximate surface area is 113 Å². The second-order valence-corrected chi connectivity index (χ2v) is 4.57. The molecule has 1 nitrogen and oxygen atoms in total. The van der Waals surface area contributed by atoms with Crippen molar-refractivity contribution >= 4 is 0 Å². The Balaban J connectivity index is 4.41. The van der Waals surface area contributed by atoms with Crippen molar-refractivity contribution in [1.29, 1.82) is 0 Å². The predicted octanol–water partition coefficient (Wildman–Crippen LogP) is 5.20. The van der Waals surface area contributed by atoms with Crippen molar-refractivity contribution < 1.29 is 35.5 Å². The quantitative estimate of drug-likeness (QED) is 0.420. The summed E-state index contributed by atoms with van der Waals surface area (Å²) < 4.78 is 91.1. The van der Waals surface area contributed by atoms with Gasteiger partial charge >= 0.3 is 12.4 Å². The van der Waals surface area contributed by atoms with Gasteiger partial charge in [-0.1, -0.05) is 39.0 Å². The minimum Gasteiger partial charge on any atom is -0.356 e. The van der Waals surface area contributed by atoms with Crippen molar-refractivity contribution in [3.63, 3.8) is 0 Å². The topological polar surface area (TPSA) is 9.23 Å². The fourth-order valence-electron chi connectivity index (χ4n) is 1.64. The molecule has 0 saturated heterocycles. The van der Waals surface area contributed by atoms with Gasteiger partial charge in [0.05, 0.1) is 0 Å². The number of hydrogen-bond acceptors (Lipinski definition) is 1. The van der Waals surface area contributed by atoms with Gasteiger partial charge in [0.15, 0.2) is 0 Å². The zero-order valence-electron chi connectivity index (χ0n) is 11.2. The highest BCUT2D eigenvalue weighted by Crippen LogP contribution is 2.46. The van der Waals surface area contributed by atoms with Crippen molar-refractivity contribution in [3.05, 3.63) is 0 Å². The predicted molar refractivity (Wildman–Crippen MR) is 60.1 cm³/mol. The molecule has 0 atom stereocenters. The Morgan fingerprint density at radius 2 is 1.20 bits per heavy atom. The number of hydrogen-bond donors (Lipinski definition) is 0. The highest BCUT2D eigenvalue weighted by molar-refractivity contribution is 4.95. The van der Waals surface area contributed by atoms with Crippen molar-refractivity contribution in [1.82, 2.24) is 0 Å². The van der Waals surface area contributed by atoms with E-state index in [1.54, 1.807) is 0 Å². The minimum absolute atomic E-state index is 0.0393. The van der Waals surface area contributed by atoms with Gasteiger partial charge in [-0.05, 0) is 6.42 Å². The Morgan fingerprint density at radius 3 is 1.60 bits per heavy atom. The normalized spacial score (nSPS) is 13.8. The molecule has 0 spiro atoms. The van der Waals surface area contributed by atoms with Crippen LogP contribution >= 0.6 is 0 Å². The van der Waals surface area contributed by atoms with E-state index in [2.05, 4.69) is 4.74 Å². The van der Waals surface area contributed by atoms with Crippen LogP contribution in [-0.2, 0) is 4.74 Å². The van der Waals surface area contributed by atoms with E-state index >= 15 is 0 Å². The van der Waals surface area contributed by atoms with E-state index in [0.717, 1.165) is 19.3 Å². The van der Waals surface area contributed by atoms with Gasteiger partial charge in [-0.3, -0.25) is 0 Å². The van der Waals surface area contributed by atoms with Gasteiger partial charge in [-0.2, -0.15) is 26.3 Å². The Kier molecular flexibility index (Phi) is 7.83. The Hall–Kier alpha value is -0.530. The summed E-state index contributed by atoms with van der Waals surface area (Å²) >= 11 is 0. The summed E-state index contributed by atoms with van der Waals surface area (Å²) in [6.07, 6.45) is -7.66. The number of ether oxygens (including phenoxy) is 1. The van der Waals surface area contributed by atoms with E-state index in [-0.39, 0.29) is 6.42 Å². The van der Waals surface area contributed by atoms with Crippen LogP contribution in [-0.4, -0.2) is 31.2 Å². The Morgan fingerprint density at radius 1 is 0.750 bits per heavy atom.